The van der Waals surface area contributed by atoms with E-state index in [0.29, 0.717) is 11.7 Å². The van der Waals surface area contributed by atoms with Crippen LogP contribution in [-0.4, -0.2) is 22.3 Å². The molecule has 0 saturated carbocycles. The molecule has 0 bridgehead atoms. The van der Waals surface area contributed by atoms with E-state index in [2.05, 4.69) is 18.9 Å². The van der Waals surface area contributed by atoms with Gasteiger partial charge >= 0.3 is 0 Å². The van der Waals surface area contributed by atoms with Crippen molar-refractivity contribution >= 4 is 17.5 Å². The van der Waals surface area contributed by atoms with Crippen LogP contribution in [0.25, 0.3) is 0 Å². The molecular weight excluding hydrogens is 336 g/mol. The maximum Gasteiger partial charge on any atom is 0.284 e. The molecule has 0 aliphatic rings. The molecule has 1 aromatic carbocycles. The van der Waals surface area contributed by atoms with Crippen molar-refractivity contribution in [3.05, 3.63) is 45.2 Å². The second-order valence-corrected chi connectivity index (χ2v) is 7.43. The van der Waals surface area contributed by atoms with Gasteiger partial charge in [0.05, 0.1) is 5.69 Å². The van der Waals surface area contributed by atoms with Gasteiger partial charge < -0.3 is 4.74 Å². The minimum absolute atomic E-state index is 0.0495. The lowest BCUT2D eigenvalue weighted by molar-refractivity contribution is 0.0818. The molecular formula is C20H27ClN2O2. The van der Waals surface area contributed by atoms with Crippen LogP contribution in [0, 0.1) is 33.6 Å². The molecule has 0 N–H and O–H groups in total. The molecule has 0 saturated heterocycles. The Kier molecular flexibility index (Phi) is 6.28. The standard InChI is InChI=1S/C20H27ClN2O2/c1-12(2)7-8-18-15(5)22-23(16(18)6)19(24)11-25-17-9-13(3)20(21)14(4)10-17/h9-10,12H,7-8,11H2,1-6H3. The fraction of sp³-hybridized carbons (Fsp3) is 0.500. The van der Waals surface area contributed by atoms with Crippen LogP contribution in [0.2, 0.25) is 5.02 Å². The number of benzene rings is 1. The molecule has 1 heterocycles. The highest BCUT2D eigenvalue weighted by Gasteiger charge is 2.17. The molecule has 1 aromatic heterocycles. The minimum atomic E-state index is -0.165. The molecule has 25 heavy (non-hydrogen) atoms. The molecule has 136 valence electrons. The fourth-order valence-electron chi connectivity index (χ4n) is 2.91. The topological polar surface area (TPSA) is 44.1 Å². The molecule has 5 heteroatoms. The number of carbonyl (C=O) groups is 1. The fourth-order valence-corrected chi connectivity index (χ4v) is 3.02. The van der Waals surface area contributed by atoms with Crippen LogP contribution in [0.15, 0.2) is 12.1 Å². The quantitative estimate of drug-likeness (QED) is 0.719. The van der Waals surface area contributed by atoms with E-state index in [1.165, 1.54) is 10.2 Å². The molecule has 0 fully saturated rings. The van der Waals surface area contributed by atoms with Crippen molar-refractivity contribution in [2.24, 2.45) is 5.92 Å². The van der Waals surface area contributed by atoms with E-state index < -0.39 is 0 Å². The van der Waals surface area contributed by atoms with E-state index in [1.54, 1.807) is 0 Å². The SMILES string of the molecule is Cc1cc(OCC(=O)n2nc(C)c(CCC(C)C)c2C)cc(C)c1Cl. The van der Waals surface area contributed by atoms with Crippen molar-refractivity contribution in [2.45, 2.75) is 54.4 Å². The predicted octanol–water partition coefficient (Wildman–Crippen LogP) is 5.08. The molecule has 2 aromatic rings. The Morgan fingerprint density at radius 2 is 1.80 bits per heavy atom. The van der Waals surface area contributed by atoms with Gasteiger partial charge in [0.1, 0.15) is 5.75 Å². The number of carbonyl (C=O) groups excluding carboxylic acids is 1. The molecule has 0 spiro atoms. The number of hydrogen-bond acceptors (Lipinski definition) is 3. The smallest absolute Gasteiger partial charge is 0.284 e. The number of nitrogens with zero attached hydrogens (tertiary/aromatic N) is 2. The summed E-state index contributed by atoms with van der Waals surface area (Å²) in [4.78, 5) is 12.5. The predicted molar refractivity (Wildman–Crippen MR) is 102 cm³/mol. The van der Waals surface area contributed by atoms with Crippen molar-refractivity contribution in [3.8, 4) is 5.75 Å². The zero-order valence-electron chi connectivity index (χ0n) is 15.9. The van der Waals surface area contributed by atoms with Crippen molar-refractivity contribution in [1.29, 1.82) is 0 Å². The number of halogens is 1. The molecule has 2 rings (SSSR count). The van der Waals surface area contributed by atoms with Gasteiger partial charge in [0.2, 0.25) is 0 Å². The second kappa shape index (κ2) is 8.05. The first-order valence-corrected chi connectivity index (χ1v) is 9.06. The van der Waals surface area contributed by atoms with E-state index in [4.69, 9.17) is 16.3 Å². The third-order valence-electron chi connectivity index (χ3n) is 4.42. The Bertz CT molecular complexity index is 755. The largest absolute Gasteiger partial charge is 0.484 e. The summed E-state index contributed by atoms with van der Waals surface area (Å²) >= 11 is 6.16. The highest BCUT2D eigenvalue weighted by Crippen LogP contribution is 2.26. The van der Waals surface area contributed by atoms with Crippen LogP contribution < -0.4 is 4.74 Å². The summed E-state index contributed by atoms with van der Waals surface area (Å²) < 4.78 is 7.15. The highest BCUT2D eigenvalue weighted by atomic mass is 35.5. The van der Waals surface area contributed by atoms with Crippen molar-refractivity contribution in [1.82, 2.24) is 9.78 Å². The molecule has 0 amide bonds. The summed E-state index contributed by atoms with van der Waals surface area (Å²) in [6.45, 7) is 12.1. The second-order valence-electron chi connectivity index (χ2n) is 7.05. The monoisotopic (exact) mass is 362 g/mol. The number of aryl methyl sites for hydroxylation is 3. The summed E-state index contributed by atoms with van der Waals surface area (Å²) in [5.74, 6) is 1.11. The van der Waals surface area contributed by atoms with Crippen LogP contribution in [0.1, 0.15) is 53.1 Å². The van der Waals surface area contributed by atoms with Crippen molar-refractivity contribution in [3.63, 3.8) is 0 Å². The normalized spacial score (nSPS) is 11.2. The average molecular weight is 363 g/mol. The lowest BCUT2D eigenvalue weighted by Gasteiger charge is -2.10. The number of rotatable bonds is 6. The Balaban J connectivity index is 2.10. The average Bonchev–Trinajstić information content (AvgIpc) is 2.82. The van der Waals surface area contributed by atoms with Gasteiger partial charge in [0.25, 0.3) is 5.91 Å². The van der Waals surface area contributed by atoms with E-state index in [1.807, 2.05) is 39.8 Å². The number of ether oxygens (including phenoxy) is 1. The van der Waals surface area contributed by atoms with Gasteiger partial charge in [-0.05, 0) is 75.3 Å². The lowest BCUT2D eigenvalue weighted by atomic mass is 10.0. The first-order valence-electron chi connectivity index (χ1n) is 8.68. The summed E-state index contributed by atoms with van der Waals surface area (Å²) in [5, 5.41) is 5.14. The summed E-state index contributed by atoms with van der Waals surface area (Å²) in [5.41, 5.74) is 4.87. The van der Waals surface area contributed by atoms with Crippen LogP contribution in [0.4, 0.5) is 0 Å². The molecule has 4 nitrogen and oxygen atoms in total. The maximum absolute atomic E-state index is 12.5. The van der Waals surface area contributed by atoms with Crippen LogP contribution in [0.5, 0.6) is 5.75 Å². The van der Waals surface area contributed by atoms with Gasteiger partial charge in [-0.3, -0.25) is 4.79 Å². The third kappa shape index (κ3) is 4.63. The summed E-state index contributed by atoms with van der Waals surface area (Å²) in [7, 11) is 0. The van der Waals surface area contributed by atoms with Gasteiger partial charge in [-0.1, -0.05) is 25.4 Å². The first kappa shape index (κ1) is 19.5. The zero-order chi connectivity index (χ0) is 18.7. The Morgan fingerprint density at radius 3 is 2.36 bits per heavy atom. The summed E-state index contributed by atoms with van der Waals surface area (Å²) in [6, 6.07) is 3.69. The molecule has 0 aliphatic carbocycles. The van der Waals surface area contributed by atoms with Gasteiger partial charge in [-0.15, -0.1) is 0 Å². The minimum Gasteiger partial charge on any atom is -0.484 e. The third-order valence-corrected chi connectivity index (χ3v) is 5.02. The molecule has 0 atom stereocenters. The lowest BCUT2D eigenvalue weighted by Crippen LogP contribution is -2.22. The zero-order valence-corrected chi connectivity index (χ0v) is 16.7. The van der Waals surface area contributed by atoms with Gasteiger partial charge in [-0.25, -0.2) is 4.68 Å². The van der Waals surface area contributed by atoms with Crippen LogP contribution in [0.3, 0.4) is 0 Å². The van der Waals surface area contributed by atoms with E-state index >= 15 is 0 Å². The molecule has 0 aliphatic heterocycles. The van der Waals surface area contributed by atoms with E-state index in [0.717, 1.165) is 40.4 Å². The molecule has 0 unspecified atom stereocenters. The first-order chi connectivity index (χ1) is 11.7. The highest BCUT2D eigenvalue weighted by molar-refractivity contribution is 6.32. The van der Waals surface area contributed by atoms with Gasteiger partial charge in [-0.2, -0.15) is 5.10 Å². The van der Waals surface area contributed by atoms with E-state index in [9.17, 15) is 4.79 Å². The summed E-state index contributed by atoms with van der Waals surface area (Å²) in [6.07, 6.45) is 2.03. The Hall–Kier alpha value is -1.81. The van der Waals surface area contributed by atoms with Crippen molar-refractivity contribution < 1.29 is 9.53 Å². The van der Waals surface area contributed by atoms with Crippen LogP contribution in [-0.2, 0) is 6.42 Å². The maximum atomic E-state index is 12.5. The Labute approximate surface area is 155 Å². The van der Waals surface area contributed by atoms with Crippen molar-refractivity contribution in [2.75, 3.05) is 6.61 Å². The van der Waals surface area contributed by atoms with Gasteiger partial charge in [0.15, 0.2) is 6.61 Å². The number of aromatic nitrogens is 2. The number of hydrogen-bond donors (Lipinski definition) is 0. The Morgan fingerprint density at radius 1 is 1.20 bits per heavy atom. The van der Waals surface area contributed by atoms with E-state index in [-0.39, 0.29) is 12.5 Å². The van der Waals surface area contributed by atoms with Gasteiger partial charge in [0, 0.05) is 10.7 Å². The van der Waals surface area contributed by atoms with Crippen LogP contribution >= 0.6 is 11.6 Å². The molecule has 0 radical (unpaired) electrons.